The molecule has 13 heteroatoms. The van der Waals surface area contributed by atoms with Gasteiger partial charge in [-0.3, -0.25) is 14.3 Å². The summed E-state index contributed by atoms with van der Waals surface area (Å²) in [5.41, 5.74) is -2.00. The van der Waals surface area contributed by atoms with Crippen molar-refractivity contribution in [2.75, 3.05) is 4.72 Å². The van der Waals surface area contributed by atoms with Crippen molar-refractivity contribution in [3.05, 3.63) is 57.1 Å². The molecule has 2 heterocycles. The van der Waals surface area contributed by atoms with Crippen molar-refractivity contribution in [2.45, 2.75) is 11.4 Å². The Balaban J connectivity index is 1.88. The lowest BCUT2D eigenvalue weighted by molar-refractivity contribution is -0.274. The van der Waals surface area contributed by atoms with Crippen LogP contribution in [0, 0.1) is 0 Å². The minimum Gasteiger partial charge on any atom is -0.406 e. The SMILES string of the molecule is O=c1[nH]c2ccc(S(=O)(=O)Nc3ccc(OC(F)(F)F)cc3)nc2[nH]c1=O. The lowest BCUT2D eigenvalue weighted by atomic mass is 10.3. The van der Waals surface area contributed by atoms with Crippen LogP contribution in [0.2, 0.25) is 0 Å². The van der Waals surface area contributed by atoms with Gasteiger partial charge in [0.1, 0.15) is 5.75 Å². The van der Waals surface area contributed by atoms with E-state index in [0.29, 0.717) is 0 Å². The number of sulfonamides is 1. The topological polar surface area (TPSA) is 134 Å². The fourth-order valence-electron chi connectivity index (χ4n) is 2.06. The number of H-pyrrole nitrogens is 2. The number of hydrogen-bond donors (Lipinski definition) is 3. The summed E-state index contributed by atoms with van der Waals surface area (Å²) in [7, 11) is -4.21. The lowest BCUT2D eigenvalue weighted by Crippen LogP contribution is -2.29. The number of aromatic nitrogens is 3. The van der Waals surface area contributed by atoms with E-state index in [4.69, 9.17) is 0 Å². The van der Waals surface area contributed by atoms with E-state index in [0.717, 1.165) is 30.3 Å². The van der Waals surface area contributed by atoms with Gasteiger partial charge in [-0.1, -0.05) is 0 Å². The molecule has 0 aliphatic rings. The molecule has 0 amide bonds. The Morgan fingerprint density at radius 3 is 2.22 bits per heavy atom. The number of anilines is 1. The van der Waals surface area contributed by atoms with Gasteiger partial charge < -0.3 is 14.7 Å². The lowest BCUT2D eigenvalue weighted by Gasteiger charge is -2.11. The molecule has 3 aromatic rings. The highest BCUT2D eigenvalue weighted by Gasteiger charge is 2.31. The number of rotatable bonds is 4. The van der Waals surface area contributed by atoms with Crippen LogP contribution in [0.25, 0.3) is 11.2 Å². The van der Waals surface area contributed by atoms with E-state index in [-0.39, 0.29) is 16.9 Å². The standard InChI is InChI=1S/C14H9F3N4O5S/c15-14(16,17)26-8-3-1-7(2-4-8)21-27(24,25)10-6-5-9-11(19-10)20-13(23)12(22)18-9/h1-6,21H,(H,18,22)(H,19,20,23). The molecule has 0 saturated heterocycles. The Hall–Kier alpha value is -3.35. The molecule has 0 spiro atoms. The van der Waals surface area contributed by atoms with Crippen molar-refractivity contribution >= 4 is 26.9 Å². The molecule has 0 aliphatic carbocycles. The van der Waals surface area contributed by atoms with E-state index in [2.05, 4.69) is 24.4 Å². The van der Waals surface area contributed by atoms with Gasteiger partial charge in [0.25, 0.3) is 10.0 Å². The van der Waals surface area contributed by atoms with Gasteiger partial charge in [-0.15, -0.1) is 13.2 Å². The molecule has 0 atom stereocenters. The fraction of sp³-hybridized carbons (Fsp3) is 0.0714. The quantitative estimate of drug-likeness (QED) is 0.564. The molecule has 1 aromatic carbocycles. The number of pyridine rings is 1. The summed E-state index contributed by atoms with van der Waals surface area (Å²) in [6.07, 6.45) is -4.87. The van der Waals surface area contributed by atoms with Crippen LogP contribution in [0.15, 0.2) is 51.0 Å². The first kappa shape index (κ1) is 18.4. The summed E-state index contributed by atoms with van der Waals surface area (Å²) in [6, 6.07) is 6.31. The van der Waals surface area contributed by atoms with Crippen molar-refractivity contribution in [1.82, 2.24) is 15.0 Å². The van der Waals surface area contributed by atoms with Gasteiger partial charge in [0.05, 0.1) is 5.52 Å². The van der Waals surface area contributed by atoms with Crippen LogP contribution in [0.3, 0.4) is 0 Å². The summed E-state index contributed by atoms with van der Waals surface area (Å²) >= 11 is 0. The van der Waals surface area contributed by atoms with E-state index in [1.54, 1.807) is 0 Å². The zero-order chi connectivity index (χ0) is 19.8. The Labute approximate surface area is 147 Å². The van der Waals surface area contributed by atoms with Gasteiger partial charge in [-0.2, -0.15) is 8.42 Å². The number of alkyl halides is 3. The normalized spacial score (nSPS) is 12.1. The van der Waals surface area contributed by atoms with Crippen molar-refractivity contribution < 1.29 is 26.3 Å². The summed E-state index contributed by atoms with van der Waals surface area (Å²) in [5.74, 6) is -0.518. The number of hydrogen-bond acceptors (Lipinski definition) is 6. The van der Waals surface area contributed by atoms with Gasteiger partial charge in [-0.05, 0) is 36.4 Å². The second-order valence-electron chi connectivity index (χ2n) is 5.13. The van der Waals surface area contributed by atoms with Crippen LogP contribution in [-0.2, 0) is 10.0 Å². The first-order valence-electron chi connectivity index (χ1n) is 7.05. The van der Waals surface area contributed by atoms with Crippen LogP contribution in [0.5, 0.6) is 5.75 Å². The molecule has 0 fully saturated rings. The second-order valence-corrected chi connectivity index (χ2v) is 6.76. The molecular formula is C14H9F3N4O5S. The Bertz CT molecular complexity index is 1220. The van der Waals surface area contributed by atoms with E-state index >= 15 is 0 Å². The first-order chi connectivity index (χ1) is 12.5. The van der Waals surface area contributed by atoms with E-state index in [9.17, 15) is 31.2 Å². The third-order valence-corrected chi connectivity index (χ3v) is 4.45. The Kier molecular flexibility index (Phi) is 4.39. The second kappa shape index (κ2) is 6.42. The van der Waals surface area contributed by atoms with Crippen molar-refractivity contribution in [2.24, 2.45) is 0 Å². The van der Waals surface area contributed by atoms with Crippen LogP contribution < -0.4 is 20.6 Å². The highest BCUT2D eigenvalue weighted by molar-refractivity contribution is 7.92. The molecular weight excluding hydrogens is 393 g/mol. The van der Waals surface area contributed by atoms with Crippen LogP contribution in [0.1, 0.15) is 0 Å². The van der Waals surface area contributed by atoms with Gasteiger partial charge >= 0.3 is 17.5 Å². The van der Waals surface area contributed by atoms with Gasteiger partial charge in [0, 0.05) is 5.69 Å². The van der Waals surface area contributed by atoms with Gasteiger partial charge in [-0.25, -0.2) is 4.98 Å². The minimum atomic E-state index is -4.87. The van der Waals surface area contributed by atoms with Crippen LogP contribution in [-0.4, -0.2) is 29.7 Å². The molecule has 0 bridgehead atoms. The summed E-state index contributed by atoms with van der Waals surface area (Å²) in [4.78, 5) is 30.7. The van der Waals surface area contributed by atoms with E-state index in [1.165, 1.54) is 6.07 Å². The highest BCUT2D eigenvalue weighted by atomic mass is 32.2. The number of aromatic amines is 2. The smallest absolute Gasteiger partial charge is 0.406 e. The minimum absolute atomic E-state index is 0.0404. The third kappa shape index (κ3) is 4.25. The predicted octanol–water partition coefficient (Wildman–Crippen LogP) is 1.31. The average molecular weight is 402 g/mol. The van der Waals surface area contributed by atoms with E-state index in [1.807, 2.05) is 0 Å². The van der Waals surface area contributed by atoms with E-state index < -0.39 is 38.3 Å². The number of fused-ring (bicyclic) bond motifs is 1. The number of benzene rings is 1. The molecule has 0 saturated carbocycles. The molecule has 3 N–H and O–H groups in total. The van der Waals surface area contributed by atoms with Crippen molar-refractivity contribution in [3.63, 3.8) is 0 Å². The van der Waals surface area contributed by atoms with Crippen LogP contribution in [0.4, 0.5) is 18.9 Å². The highest BCUT2D eigenvalue weighted by Crippen LogP contribution is 2.25. The maximum absolute atomic E-state index is 12.4. The molecule has 142 valence electrons. The molecule has 2 aromatic heterocycles. The number of nitrogens with zero attached hydrogens (tertiary/aromatic N) is 1. The van der Waals surface area contributed by atoms with Gasteiger partial charge in [0.15, 0.2) is 10.7 Å². The predicted molar refractivity (Wildman–Crippen MR) is 86.9 cm³/mol. The third-order valence-electron chi connectivity index (χ3n) is 3.17. The molecule has 0 radical (unpaired) electrons. The molecule has 9 nitrogen and oxygen atoms in total. The molecule has 0 aliphatic heterocycles. The summed E-state index contributed by atoms with van der Waals surface area (Å²) in [6.45, 7) is 0. The molecule has 3 rings (SSSR count). The zero-order valence-corrected chi connectivity index (χ0v) is 13.8. The van der Waals surface area contributed by atoms with Crippen molar-refractivity contribution in [1.29, 1.82) is 0 Å². The largest absolute Gasteiger partial charge is 0.573 e. The monoisotopic (exact) mass is 402 g/mol. The Morgan fingerprint density at radius 1 is 0.963 bits per heavy atom. The van der Waals surface area contributed by atoms with Crippen LogP contribution >= 0.6 is 0 Å². The summed E-state index contributed by atoms with van der Waals surface area (Å²) < 4.78 is 66.9. The fourth-order valence-corrected chi connectivity index (χ4v) is 3.07. The number of ether oxygens (including phenoxy) is 1. The maximum Gasteiger partial charge on any atom is 0.573 e. The summed E-state index contributed by atoms with van der Waals surface area (Å²) in [5, 5.41) is -0.478. The molecule has 0 unspecified atom stereocenters. The number of halogens is 3. The molecule has 27 heavy (non-hydrogen) atoms. The van der Waals surface area contributed by atoms with Gasteiger partial charge in [0.2, 0.25) is 0 Å². The first-order valence-corrected chi connectivity index (χ1v) is 8.54. The number of nitrogens with one attached hydrogen (secondary N) is 3. The maximum atomic E-state index is 12.4. The van der Waals surface area contributed by atoms with Crippen molar-refractivity contribution in [3.8, 4) is 5.75 Å². The Morgan fingerprint density at radius 2 is 1.59 bits per heavy atom. The average Bonchev–Trinajstić information content (AvgIpc) is 2.56. The zero-order valence-electron chi connectivity index (χ0n) is 13.0.